The summed E-state index contributed by atoms with van der Waals surface area (Å²) in [6.07, 6.45) is 0. The zero-order chi connectivity index (χ0) is 12.8. The van der Waals surface area contributed by atoms with Crippen molar-refractivity contribution in [2.45, 2.75) is 6.54 Å². The van der Waals surface area contributed by atoms with Crippen LogP contribution in [0.2, 0.25) is 0 Å². The van der Waals surface area contributed by atoms with Gasteiger partial charge in [0.15, 0.2) is 0 Å². The minimum atomic E-state index is -1.06. The maximum Gasteiger partial charge on any atom is 0.323 e. The zero-order valence-corrected chi connectivity index (χ0v) is 10.9. The smallest absolute Gasteiger partial charge is 0.323 e. The third kappa shape index (κ3) is 4.44. The van der Waals surface area contributed by atoms with Crippen molar-refractivity contribution in [3.05, 3.63) is 34.3 Å². The molecule has 1 aromatic rings. The van der Waals surface area contributed by atoms with Crippen LogP contribution in [0.1, 0.15) is 5.56 Å². The molecule has 92 valence electrons. The molecule has 0 spiro atoms. The van der Waals surface area contributed by atoms with Crippen molar-refractivity contribution in [1.29, 1.82) is 0 Å². The highest BCUT2D eigenvalue weighted by molar-refractivity contribution is 9.10. The molecule has 0 atom stereocenters. The fourth-order valence-electron chi connectivity index (χ4n) is 1.24. The molecule has 1 rings (SSSR count). The molecule has 6 heteroatoms. The van der Waals surface area contributed by atoms with E-state index in [9.17, 15) is 9.59 Å². The number of carbonyl (C=O) groups excluding carboxylic acids is 1. The van der Waals surface area contributed by atoms with Crippen LogP contribution in [0.4, 0.5) is 4.79 Å². The standard InChI is InChI=1S/C11H13BrN2O3/c1-14(11(17)13-6-10(15)16)7-8-4-2-3-5-9(8)12/h2-5H,6-7H2,1H3,(H,13,17)(H,15,16). The van der Waals surface area contributed by atoms with Gasteiger partial charge in [-0.3, -0.25) is 4.79 Å². The summed E-state index contributed by atoms with van der Waals surface area (Å²) in [7, 11) is 1.61. The first-order valence-electron chi connectivity index (χ1n) is 4.95. The first-order valence-corrected chi connectivity index (χ1v) is 5.74. The summed E-state index contributed by atoms with van der Waals surface area (Å²) in [5.41, 5.74) is 0.959. The van der Waals surface area contributed by atoms with Gasteiger partial charge in [-0.15, -0.1) is 0 Å². The second-order valence-corrected chi connectivity index (χ2v) is 4.35. The van der Waals surface area contributed by atoms with Crippen molar-refractivity contribution >= 4 is 27.9 Å². The third-order valence-electron chi connectivity index (χ3n) is 2.10. The Morgan fingerprint density at radius 1 is 1.41 bits per heavy atom. The van der Waals surface area contributed by atoms with E-state index >= 15 is 0 Å². The van der Waals surface area contributed by atoms with Crippen LogP contribution >= 0.6 is 15.9 Å². The van der Waals surface area contributed by atoms with Gasteiger partial charge in [0.25, 0.3) is 0 Å². The van der Waals surface area contributed by atoms with Crippen LogP contribution < -0.4 is 5.32 Å². The lowest BCUT2D eigenvalue weighted by molar-refractivity contribution is -0.135. The molecule has 0 aliphatic rings. The Balaban J connectivity index is 2.54. The van der Waals surface area contributed by atoms with Gasteiger partial charge in [-0.25, -0.2) is 4.79 Å². The molecule has 2 N–H and O–H groups in total. The number of carboxylic acids is 1. The van der Waals surface area contributed by atoms with Crippen LogP contribution in [0, 0.1) is 0 Å². The van der Waals surface area contributed by atoms with Crippen LogP contribution in [0.3, 0.4) is 0 Å². The molecule has 0 saturated carbocycles. The molecule has 0 aromatic heterocycles. The Hall–Kier alpha value is -1.56. The van der Waals surface area contributed by atoms with Crippen molar-refractivity contribution in [2.24, 2.45) is 0 Å². The Labute approximate surface area is 108 Å². The molecule has 5 nitrogen and oxygen atoms in total. The van der Waals surface area contributed by atoms with E-state index in [2.05, 4.69) is 21.2 Å². The second kappa shape index (κ2) is 6.24. The predicted molar refractivity (Wildman–Crippen MR) is 66.6 cm³/mol. The SMILES string of the molecule is CN(Cc1ccccc1Br)C(=O)NCC(=O)O. The summed E-state index contributed by atoms with van der Waals surface area (Å²) < 4.78 is 0.915. The number of benzene rings is 1. The number of halogens is 1. The lowest BCUT2D eigenvalue weighted by atomic mass is 10.2. The first kappa shape index (κ1) is 13.5. The van der Waals surface area contributed by atoms with Gasteiger partial charge < -0.3 is 15.3 Å². The largest absolute Gasteiger partial charge is 0.480 e. The molecular weight excluding hydrogens is 288 g/mol. The highest BCUT2D eigenvalue weighted by Gasteiger charge is 2.11. The van der Waals surface area contributed by atoms with Gasteiger partial charge in [0.1, 0.15) is 6.54 Å². The number of carbonyl (C=O) groups is 2. The van der Waals surface area contributed by atoms with E-state index in [-0.39, 0.29) is 6.54 Å². The Morgan fingerprint density at radius 3 is 2.65 bits per heavy atom. The maximum absolute atomic E-state index is 11.5. The van der Waals surface area contributed by atoms with Crippen molar-refractivity contribution < 1.29 is 14.7 Å². The van der Waals surface area contributed by atoms with E-state index in [4.69, 9.17) is 5.11 Å². The highest BCUT2D eigenvalue weighted by atomic mass is 79.9. The Morgan fingerprint density at radius 2 is 2.06 bits per heavy atom. The number of hydrogen-bond acceptors (Lipinski definition) is 2. The number of rotatable bonds is 4. The monoisotopic (exact) mass is 300 g/mol. The number of urea groups is 1. The Bertz CT molecular complexity index is 423. The van der Waals surface area contributed by atoms with E-state index < -0.39 is 12.0 Å². The average Bonchev–Trinajstić information content (AvgIpc) is 2.28. The quantitative estimate of drug-likeness (QED) is 0.889. The zero-order valence-electron chi connectivity index (χ0n) is 9.31. The van der Waals surface area contributed by atoms with Crippen LogP contribution in [0.25, 0.3) is 0 Å². The van der Waals surface area contributed by atoms with Crippen molar-refractivity contribution in [3.63, 3.8) is 0 Å². The molecule has 0 heterocycles. The summed E-state index contributed by atoms with van der Waals surface area (Å²) in [6, 6.07) is 7.13. The topological polar surface area (TPSA) is 69.6 Å². The highest BCUT2D eigenvalue weighted by Crippen LogP contribution is 2.17. The number of nitrogens with zero attached hydrogens (tertiary/aromatic N) is 1. The molecule has 0 unspecified atom stereocenters. The Kier molecular flexibility index (Phi) is 4.96. The lowest BCUT2D eigenvalue weighted by Crippen LogP contribution is -2.39. The number of amides is 2. The van der Waals surface area contributed by atoms with Crippen LogP contribution in [-0.2, 0) is 11.3 Å². The van der Waals surface area contributed by atoms with Crippen molar-refractivity contribution in [3.8, 4) is 0 Å². The fourth-order valence-corrected chi connectivity index (χ4v) is 1.65. The van der Waals surface area contributed by atoms with Gasteiger partial charge in [0, 0.05) is 18.1 Å². The number of nitrogens with one attached hydrogen (secondary N) is 1. The number of aliphatic carboxylic acids is 1. The molecule has 2 amide bonds. The van der Waals surface area contributed by atoms with Crippen LogP contribution in [0.15, 0.2) is 28.7 Å². The van der Waals surface area contributed by atoms with E-state index in [1.54, 1.807) is 7.05 Å². The van der Waals surface area contributed by atoms with Gasteiger partial charge in [-0.05, 0) is 11.6 Å². The summed E-state index contributed by atoms with van der Waals surface area (Å²) in [5, 5.41) is 10.7. The summed E-state index contributed by atoms with van der Waals surface area (Å²) >= 11 is 3.38. The lowest BCUT2D eigenvalue weighted by Gasteiger charge is -2.18. The van der Waals surface area contributed by atoms with E-state index in [1.807, 2.05) is 24.3 Å². The maximum atomic E-state index is 11.5. The fraction of sp³-hybridized carbons (Fsp3) is 0.273. The summed E-state index contributed by atoms with van der Waals surface area (Å²) in [4.78, 5) is 23.2. The second-order valence-electron chi connectivity index (χ2n) is 3.50. The van der Waals surface area contributed by atoms with Crippen molar-refractivity contribution in [2.75, 3.05) is 13.6 Å². The van der Waals surface area contributed by atoms with Gasteiger partial charge in [0.05, 0.1) is 0 Å². The molecule has 0 aliphatic heterocycles. The molecule has 0 aliphatic carbocycles. The van der Waals surface area contributed by atoms with Gasteiger partial charge in [-0.1, -0.05) is 34.1 Å². The minimum absolute atomic E-state index is 0.376. The van der Waals surface area contributed by atoms with Gasteiger partial charge in [-0.2, -0.15) is 0 Å². The van der Waals surface area contributed by atoms with E-state index in [0.29, 0.717) is 6.54 Å². The minimum Gasteiger partial charge on any atom is -0.480 e. The first-order chi connectivity index (χ1) is 8.00. The molecule has 0 bridgehead atoms. The van der Waals surface area contributed by atoms with Crippen molar-refractivity contribution in [1.82, 2.24) is 10.2 Å². The normalized spacial score (nSPS) is 9.76. The predicted octanol–water partition coefficient (Wildman–Crippen LogP) is 1.68. The van der Waals surface area contributed by atoms with Crippen LogP contribution in [0.5, 0.6) is 0 Å². The molecule has 0 fully saturated rings. The van der Waals surface area contributed by atoms with Gasteiger partial charge in [0.2, 0.25) is 0 Å². The third-order valence-corrected chi connectivity index (χ3v) is 2.88. The van der Waals surface area contributed by atoms with Crippen LogP contribution in [-0.4, -0.2) is 35.6 Å². The molecule has 0 saturated heterocycles. The number of carboxylic acid groups (broad SMARTS) is 1. The van der Waals surface area contributed by atoms with E-state index in [0.717, 1.165) is 10.0 Å². The van der Waals surface area contributed by atoms with Gasteiger partial charge >= 0.3 is 12.0 Å². The molecule has 0 radical (unpaired) electrons. The average molecular weight is 301 g/mol. The molecule has 1 aromatic carbocycles. The molecule has 17 heavy (non-hydrogen) atoms. The molecular formula is C11H13BrN2O3. The summed E-state index contributed by atoms with van der Waals surface area (Å²) in [6.45, 7) is 0.0337. The summed E-state index contributed by atoms with van der Waals surface area (Å²) in [5.74, 6) is -1.06. The van der Waals surface area contributed by atoms with E-state index in [1.165, 1.54) is 4.90 Å². The number of hydrogen-bond donors (Lipinski definition) is 2.